The summed E-state index contributed by atoms with van der Waals surface area (Å²) in [4.78, 5) is 81.6. The minimum atomic E-state index is -3.90. The number of rotatable bonds is 16. The van der Waals surface area contributed by atoms with Crippen LogP contribution in [0.3, 0.4) is 0 Å². The van der Waals surface area contributed by atoms with Crippen LogP contribution in [0.1, 0.15) is 58.6 Å². The Morgan fingerprint density at radius 1 is 1.12 bits per heavy atom. The molecule has 6 atom stereocenters. The molecule has 2 aliphatic carbocycles. The van der Waals surface area contributed by atoms with Crippen LogP contribution in [0, 0.1) is 16.7 Å². The van der Waals surface area contributed by atoms with Crippen LogP contribution in [-0.2, 0) is 40.4 Å². The van der Waals surface area contributed by atoms with E-state index in [9.17, 15) is 32.4 Å². The fourth-order valence-corrected chi connectivity index (χ4v) is 8.73. The maximum atomic E-state index is 14.7. The van der Waals surface area contributed by atoms with Crippen LogP contribution in [0.2, 0.25) is 0 Å². The van der Waals surface area contributed by atoms with Gasteiger partial charge in [0, 0.05) is 42.7 Å². The van der Waals surface area contributed by atoms with Gasteiger partial charge >= 0.3 is 12.0 Å². The predicted molar refractivity (Wildman–Crippen MR) is 206 cm³/mol. The fourth-order valence-electron chi connectivity index (χ4n) is 7.34. The molecule has 2 saturated carbocycles. The zero-order chi connectivity index (χ0) is 41.3. The van der Waals surface area contributed by atoms with E-state index in [1.807, 2.05) is 6.07 Å². The lowest BCUT2D eigenvalue weighted by atomic mass is 9.85. The summed E-state index contributed by atoms with van der Waals surface area (Å²) in [5.74, 6) is -2.12. The van der Waals surface area contributed by atoms with Gasteiger partial charge in [-0.05, 0) is 60.2 Å². The molecule has 0 radical (unpaired) electrons. The van der Waals surface area contributed by atoms with Crippen molar-refractivity contribution in [3.8, 4) is 11.6 Å². The zero-order valence-electron chi connectivity index (χ0n) is 32.6. The third-order valence-electron chi connectivity index (χ3n) is 10.8. The van der Waals surface area contributed by atoms with E-state index in [4.69, 9.17) is 14.2 Å². The van der Waals surface area contributed by atoms with E-state index in [0.29, 0.717) is 29.7 Å². The number of urea groups is 1. The molecule has 57 heavy (non-hydrogen) atoms. The highest BCUT2D eigenvalue weighted by molar-refractivity contribution is 7.90. The lowest BCUT2D eigenvalue weighted by Gasteiger charge is -2.35. The number of H-pyrrole nitrogens is 1. The predicted octanol–water partition coefficient (Wildman–Crippen LogP) is 2.57. The van der Waals surface area contributed by atoms with Gasteiger partial charge in [-0.25, -0.2) is 28.0 Å². The summed E-state index contributed by atoms with van der Waals surface area (Å²) in [6, 6.07) is 2.88. The number of fused-ring (bicyclic) bond motifs is 1. The molecule has 4 amide bonds. The summed E-state index contributed by atoms with van der Waals surface area (Å²) in [7, 11) is -1.15. The number of nitrogens with one attached hydrogen (secondary N) is 4. The minimum absolute atomic E-state index is 0.0211. The highest BCUT2D eigenvalue weighted by Crippen LogP contribution is 2.57. The second kappa shape index (κ2) is 16.1. The number of carbonyl (C=O) groups is 5. The van der Waals surface area contributed by atoms with Crippen LogP contribution < -0.4 is 24.8 Å². The van der Waals surface area contributed by atoms with E-state index in [1.165, 1.54) is 30.6 Å². The van der Waals surface area contributed by atoms with Crippen LogP contribution in [0.25, 0.3) is 10.8 Å². The Balaban J connectivity index is 1.27. The second-order valence-corrected chi connectivity index (χ2v) is 17.9. The number of imidazole rings is 1. The molecule has 306 valence electrons. The first-order valence-corrected chi connectivity index (χ1v) is 20.3. The quantitative estimate of drug-likeness (QED) is 0.121. The molecule has 17 nitrogen and oxygen atoms in total. The number of amides is 4. The number of methoxy groups -OCH3 is 2. The van der Waals surface area contributed by atoms with Crippen LogP contribution in [-0.4, -0.2) is 108 Å². The smallest absolute Gasteiger partial charge is 0.328 e. The van der Waals surface area contributed by atoms with Crippen molar-refractivity contribution in [1.29, 1.82) is 0 Å². The normalized spacial score (nSPS) is 22.8. The first kappa shape index (κ1) is 41.1. The van der Waals surface area contributed by atoms with E-state index in [2.05, 4.69) is 36.9 Å². The number of allylic oxidation sites excluding steroid dienone is 1. The molecule has 18 heteroatoms. The molecule has 3 aromatic rings. The largest absolute Gasteiger partial charge is 0.497 e. The number of carbonyl (C=O) groups excluding carboxylic acids is 5. The molecular formula is C39H49N7O10S. The average molecular weight is 808 g/mol. The Bertz CT molecular complexity index is 2150. The third-order valence-corrected chi connectivity index (χ3v) is 12.7. The van der Waals surface area contributed by atoms with E-state index in [0.717, 1.165) is 5.39 Å². The van der Waals surface area contributed by atoms with Gasteiger partial charge in [0.1, 0.15) is 23.9 Å². The Hall–Kier alpha value is -5.52. The molecule has 1 aliphatic heterocycles. The second-order valence-electron chi connectivity index (χ2n) is 16.0. The van der Waals surface area contributed by atoms with Gasteiger partial charge in [-0.3, -0.25) is 19.1 Å². The van der Waals surface area contributed by atoms with Gasteiger partial charge in [0.05, 0.1) is 43.8 Å². The number of sulfonamides is 1. The van der Waals surface area contributed by atoms with Gasteiger partial charge in [-0.2, -0.15) is 0 Å². The maximum absolute atomic E-state index is 14.7. The molecule has 0 spiro atoms. The van der Waals surface area contributed by atoms with Crippen LogP contribution >= 0.6 is 0 Å². The number of benzene rings is 1. The van der Waals surface area contributed by atoms with Gasteiger partial charge in [0.25, 0.3) is 0 Å². The Morgan fingerprint density at radius 2 is 1.88 bits per heavy atom. The number of Topliss-reactive ketones (excluding diaryl/α,β-unsaturated/α-hetero) is 1. The molecule has 3 fully saturated rings. The number of aromatic nitrogens is 3. The van der Waals surface area contributed by atoms with Gasteiger partial charge in [-0.1, -0.05) is 26.8 Å². The number of hydrogen-bond acceptors (Lipinski definition) is 12. The topological polar surface area (TPSA) is 228 Å². The summed E-state index contributed by atoms with van der Waals surface area (Å²) in [5, 5.41) is 6.13. The molecule has 2 aromatic heterocycles. The molecule has 0 bridgehead atoms. The van der Waals surface area contributed by atoms with E-state index in [-0.39, 0.29) is 38.1 Å². The zero-order valence-corrected chi connectivity index (χ0v) is 33.4. The molecule has 3 heterocycles. The van der Waals surface area contributed by atoms with Crippen molar-refractivity contribution in [1.82, 2.24) is 35.2 Å². The van der Waals surface area contributed by atoms with Gasteiger partial charge in [0.2, 0.25) is 27.7 Å². The van der Waals surface area contributed by atoms with Crippen LogP contribution in [0.5, 0.6) is 11.6 Å². The Morgan fingerprint density at radius 3 is 2.49 bits per heavy atom. The highest BCUT2D eigenvalue weighted by atomic mass is 32.2. The molecule has 3 aliphatic rings. The number of likely N-dealkylation sites (tertiary alicyclic amines) is 1. The Kier molecular flexibility index (Phi) is 11.7. The van der Waals surface area contributed by atoms with Gasteiger partial charge in [0.15, 0.2) is 5.78 Å². The van der Waals surface area contributed by atoms with E-state index >= 15 is 0 Å². The molecule has 1 aromatic carbocycles. The third kappa shape index (κ3) is 9.05. The lowest BCUT2D eigenvalue weighted by molar-refractivity contribution is -0.142. The van der Waals surface area contributed by atoms with Gasteiger partial charge in [-0.15, -0.1) is 6.58 Å². The number of aromatic amines is 1. The summed E-state index contributed by atoms with van der Waals surface area (Å²) >= 11 is 0. The Labute approximate surface area is 330 Å². The van der Waals surface area contributed by atoms with Crippen molar-refractivity contribution in [2.75, 3.05) is 20.8 Å². The van der Waals surface area contributed by atoms with Crippen molar-refractivity contribution < 1.29 is 46.6 Å². The summed E-state index contributed by atoms with van der Waals surface area (Å²) in [6.45, 7) is 8.95. The number of pyridine rings is 1. The number of esters is 1. The first-order valence-electron chi connectivity index (χ1n) is 18.7. The van der Waals surface area contributed by atoms with Crippen molar-refractivity contribution in [3.63, 3.8) is 0 Å². The molecule has 0 unspecified atom stereocenters. The van der Waals surface area contributed by atoms with Crippen molar-refractivity contribution in [2.24, 2.45) is 16.7 Å². The van der Waals surface area contributed by atoms with Crippen molar-refractivity contribution in [2.45, 2.75) is 88.8 Å². The van der Waals surface area contributed by atoms with E-state index in [1.54, 1.807) is 52.3 Å². The van der Waals surface area contributed by atoms with Gasteiger partial charge < -0.3 is 34.7 Å². The standard InChI is InChI=1S/C39H49N7O10S/c1-7-23-17-39(23,36(50)45-57(52,53)27-9-10-27)18-31(47)30-16-26(56-33-28-11-8-25(54-5)14-22(28)12-13-41-33)20-46(30)34(48)32(38(2,3)4)44-37(51)43-29(35(49)55-6)15-24-19-40-21-42-24/h7-8,11-14,19,21,23,26-27,29-30,32H,1,9-10,15-18,20H2,2-6H3,(H,40,42)(H,45,50)(H2,43,44,51)/t23-,26-,29+,30+,32-,39-/m1/s1. The maximum Gasteiger partial charge on any atom is 0.328 e. The minimum Gasteiger partial charge on any atom is -0.497 e. The summed E-state index contributed by atoms with van der Waals surface area (Å²) in [5.41, 5.74) is -1.71. The molecule has 6 rings (SSSR count). The molecular weight excluding hydrogens is 759 g/mol. The fraction of sp³-hybridized carbons (Fsp3) is 0.513. The number of ketones is 1. The summed E-state index contributed by atoms with van der Waals surface area (Å²) in [6.07, 6.45) is 6.12. The van der Waals surface area contributed by atoms with E-state index < -0.39 is 85.8 Å². The molecule has 1 saturated heterocycles. The summed E-state index contributed by atoms with van der Waals surface area (Å²) < 4.78 is 44.4. The SMILES string of the molecule is C=C[C@@H]1C[C@]1(CC(=O)[C@@H]1C[C@@H](Oc2nccc3cc(OC)ccc23)CN1C(=O)[C@@H](NC(=O)N[C@@H](Cc1cnc[nH]1)C(=O)OC)C(C)(C)C)C(=O)NS(=O)(=O)C1CC1. The van der Waals surface area contributed by atoms with Crippen molar-refractivity contribution >= 4 is 50.4 Å². The lowest BCUT2D eigenvalue weighted by Crippen LogP contribution is -2.60. The molecule has 4 N–H and O–H groups in total. The monoisotopic (exact) mass is 807 g/mol. The van der Waals surface area contributed by atoms with Crippen LogP contribution in [0.15, 0.2) is 55.6 Å². The van der Waals surface area contributed by atoms with Crippen LogP contribution in [0.4, 0.5) is 4.79 Å². The first-order chi connectivity index (χ1) is 27.0. The number of ether oxygens (including phenoxy) is 3. The average Bonchev–Trinajstić information content (AvgIpc) is 4.05. The highest BCUT2D eigenvalue weighted by Gasteiger charge is 2.61. The van der Waals surface area contributed by atoms with Crippen molar-refractivity contribution in [3.05, 3.63) is 61.3 Å². The number of hydrogen-bond donors (Lipinski definition) is 4. The number of nitrogens with zero attached hydrogens (tertiary/aromatic N) is 3.